The van der Waals surface area contributed by atoms with Crippen molar-refractivity contribution in [1.29, 1.82) is 0 Å². The monoisotopic (exact) mass is 354 g/mol. The first-order chi connectivity index (χ1) is 10.8. The molecule has 0 saturated carbocycles. The topological polar surface area (TPSA) is 69.4 Å². The number of rotatable bonds is 3. The van der Waals surface area contributed by atoms with E-state index in [0.29, 0.717) is 23.2 Å². The second-order valence-corrected chi connectivity index (χ2v) is 5.48. The van der Waals surface area contributed by atoms with E-state index in [1.807, 2.05) is 24.3 Å². The van der Waals surface area contributed by atoms with Gasteiger partial charge in [0.15, 0.2) is 5.65 Å². The highest BCUT2D eigenvalue weighted by molar-refractivity contribution is 9.08. The minimum absolute atomic E-state index is 0.562. The highest BCUT2D eigenvalue weighted by Gasteiger charge is 2.09. The van der Waals surface area contributed by atoms with Crippen LogP contribution in [-0.4, -0.2) is 29.9 Å². The van der Waals surface area contributed by atoms with Gasteiger partial charge < -0.3 is 0 Å². The number of hydrogen-bond donors (Lipinski definition) is 0. The molecule has 4 aromatic rings. The fourth-order valence-electron chi connectivity index (χ4n) is 2.36. The molecule has 6 nitrogen and oxygen atoms in total. The van der Waals surface area contributed by atoms with E-state index < -0.39 is 0 Å². The third-order valence-corrected chi connectivity index (χ3v) is 3.99. The third kappa shape index (κ3) is 2.33. The SMILES string of the molecule is BrCc1cnc2nnn(Cc3ccc4ncccc4c3)c2n1. The summed E-state index contributed by atoms with van der Waals surface area (Å²) in [5.74, 6) is 0. The zero-order chi connectivity index (χ0) is 14.9. The molecule has 0 N–H and O–H groups in total. The van der Waals surface area contributed by atoms with Crippen molar-refractivity contribution in [3.8, 4) is 0 Å². The highest BCUT2D eigenvalue weighted by Crippen LogP contribution is 2.15. The van der Waals surface area contributed by atoms with E-state index in [1.165, 1.54) is 0 Å². The van der Waals surface area contributed by atoms with Gasteiger partial charge in [0.2, 0.25) is 5.65 Å². The van der Waals surface area contributed by atoms with Gasteiger partial charge in [-0.1, -0.05) is 33.3 Å². The normalized spacial score (nSPS) is 11.3. The Hall–Kier alpha value is -2.41. The van der Waals surface area contributed by atoms with Crippen molar-refractivity contribution >= 4 is 38.1 Å². The minimum atomic E-state index is 0.562. The minimum Gasteiger partial charge on any atom is -0.256 e. The molecular formula is C15H11BrN6. The van der Waals surface area contributed by atoms with Gasteiger partial charge in [0, 0.05) is 16.9 Å². The fourth-order valence-corrected chi connectivity index (χ4v) is 2.63. The molecule has 0 aliphatic heterocycles. The van der Waals surface area contributed by atoms with Gasteiger partial charge >= 0.3 is 0 Å². The van der Waals surface area contributed by atoms with Crippen LogP contribution in [0.4, 0.5) is 0 Å². The van der Waals surface area contributed by atoms with E-state index in [2.05, 4.69) is 47.3 Å². The molecule has 0 radical (unpaired) electrons. The highest BCUT2D eigenvalue weighted by atomic mass is 79.9. The number of fused-ring (bicyclic) bond motifs is 2. The Morgan fingerprint density at radius 1 is 1.14 bits per heavy atom. The van der Waals surface area contributed by atoms with Gasteiger partial charge in [-0.05, 0) is 23.8 Å². The zero-order valence-electron chi connectivity index (χ0n) is 11.5. The summed E-state index contributed by atoms with van der Waals surface area (Å²) < 4.78 is 1.77. The van der Waals surface area contributed by atoms with Gasteiger partial charge in [0.25, 0.3) is 0 Å². The molecule has 108 valence electrons. The standard InChI is InChI=1S/C15H11BrN6/c16-7-12-8-18-14-15(19-12)22(21-20-14)9-10-3-4-13-11(6-10)2-1-5-17-13/h1-6,8H,7,9H2. The largest absolute Gasteiger partial charge is 0.256 e. The van der Waals surface area contributed by atoms with Crippen molar-refractivity contribution < 1.29 is 0 Å². The molecule has 22 heavy (non-hydrogen) atoms. The Labute approximate surface area is 134 Å². The first kappa shape index (κ1) is 13.3. The van der Waals surface area contributed by atoms with Gasteiger partial charge in [0.05, 0.1) is 24.0 Å². The molecule has 3 heterocycles. The van der Waals surface area contributed by atoms with Crippen molar-refractivity contribution in [1.82, 2.24) is 29.9 Å². The number of benzene rings is 1. The van der Waals surface area contributed by atoms with Gasteiger partial charge in [-0.2, -0.15) is 0 Å². The van der Waals surface area contributed by atoms with Crippen molar-refractivity contribution in [2.75, 3.05) is 0 Å². The molecule has 7 heteroatoms. The summed E-state index contributed by atoms with van der Waals surface area (Å²) in [4.78, 5) is 13.1. The van der Waals surface area contributed by atoms with Crippen LogP contribution in [0.5, 0.6) is 0 Å². The average molecular weight is 355 g/mol. The van der Waals surface area contributed by atoms with Crippen LogP contribution in [0.2, 0.25) is 0 Å². The summed E-state index contributed by atoms with van der Waals surface area (Å²) in [5, 5.41) is 9.98. The Morgan fingerprint density at radius 2 is 2.09 bits per heavy atom. The summed E-state index contributed by atoms with van der Waals surface area (Å²) in [6.45, 7) is 0.599. The molecular weight excluding hydrogens is 344 g/mol. The zero-order valence-corrected chi connectivity index (χ0v) is 13.1. The molecule has 0 fully saturated rings. The van der Waals surface area contributed by atoms with Crippen LogP contribution in [0.15, 0.2) is 42.7 Å². The average Bonchev–Trinajstić information content (AvgIpc) is 2.97. The lowest BCUT2D eigenvalue weighted by Gasteiger charge is -2.04. The van der Waals surface area contributed by atoms with Crippen molar-refractivity contribution in [2.24, 2.45) is 0 Å². The van der Waals surface area contributed by atoms with Crippen LogP contribution < -0.4 is 0 Å². The maximum atomic E-state index is 4.53. The molecule has 4 rings (SSSR count). The molecule has 0 aliphatic carbocycles. The van der Waals surface area contributed by atoms with Gasteiger partial charge in [-0.15, -0.1) is 5.10 Å². The summed E-state index contributed by atoms with van der Waals surface area (Å²) >= 11 is 3.39. The number of hydrogen-bond acceptors (Lipinski definition) is 5. The Morgan fingerprint density at radius 3 is 3.00 bits per heavy atom. The number of halogens is 1. The summed E-state index contributed by atoms with van der Waals surface area (Å²) in [6.07, 6.45) is 3.50. The number of aromatic nitrogens is 6. The lowest BCUT2D eigenvalue weighted by atomic mass is 10.1. The molecule has 0 aliphatic rings. The van der Waals surface area contributed by atoms with E-state index in [1.54, 1.807) is 17.1 Å². The quantitative estimate of drug-likeness (QED) is 0.529. The second-order valence-electron chi connectivity index (χ2n) is 4.92. The van der Waals surface area contributed by atoms with Crippen molar-refractivity contribution in [2.45, 2.75) is 11.9 Å². The summed E-state index contributed by atoms with van der Waals surface area (Å²) in [7, 11) is 0. The number of pyridine rings is 1. The lowest BCUT2D eigenvalue weighted by Crippen LogP contribution is -2.04. The first-order valence-corrected chi connectivity index (χ1v) is 7.90. The maximum absolute atomic E-state index is 4.53. The van der Waals surface area contributed by atoms with E-state index in [4.69, 9.17) is 0 Å². The third-order valence-electron chi connectivity index (χ3n) is 3.41. The van der Waals surface area contributed by atoms with E-state index in [0.717, 1.165) is 22.2 Å². The lowest BCUT2D eigenvalue weighted by molar-refractivity contribution is 0.664. The number of nitrogens with zero attached hydrogens (tertiary/aromatic N) is 6. The maximum Gasteiger partial charge on any atom is 0.221 e. The Kier molecular flexibility index (Phi) is 3.27. The number of alkyl halides is 1. The van der Waals surface area contributed by atoms with Crippen LogP contribution in [-0.2, 0) is 11.9 Å². The fraction of sp³-hybridized carbons (Fsp3) is 0.133. The Bertz CT molecular complexity index is 964. The van der Waals surface area contributed by atoms with Crippen LogP contribution >= 0.6 is 15.9 Å². The molecule has 0 saturated heterocycles. The van der Waals surface area contributed by atoms with Gasteiger partial charge in [0.1, 0.15) is 0 Å². The van der Waals surface area contributed by atoms with E-state index in [-0.39, 0.29) is 0 Å². The van der Waals surface area contributed by atoms with E-state index in [9.17, 15) is 0 Å². The smallest absolute Gasteiger partial charge is 0.221 e. The first-order valence-electron chi connectivity index (χ1n) is 6.78. The molecule has 3 aromatic heterocycles. The molecule has 0 amide bonds. The molecule has 0 unspecified atom stereocenters. The summed E-state index contributed by atoms with van der Waals surface area (Å²) in [5.41, 5.74) is 4.23. The van der Waals surface area contributed by atoms with Crippen LogP contribution in [0.25, 0.3) is 22.2 Å². The van der Waals surface area contributed by atoms with Crippen LogP contribution in [0.3, 0.4) is 0 Å². The van der Waals surface area contributed by atoms with Crippen molar-refractivity contribution in [3.05, 3.63) is 54.0 Å². The predicted molar refractivity (Wildman–Crippen MR) is 86.6 cm³/mol. The van der Waals surface area contributed by atoms with Crippen LogP contribution in [0, 0.1) is 0 Å². The van der Waals surface area contributed by atoms with Crippen LogP contribution in [0.1, 0.15) is 11.3 Å². The molecule has 0 atom stereocenters. The molecule has 0 spiro atoms. The molecule has 1 aromatic carbocycles. The second kappa shape index (κ2) is 5.42. The molecule has 0 bridgehead atoms. The van der Waals surface area contributed by atoms with E-state index >= 15 is 0 Å². The van der Waals surface area contributed by atoms with Gasteiger partial charge in [-0.3, -0.25) is 4.98 Å². The Balaban J connectivity index is 1.75. The summed E-state index contributed by atoms with van der Waals surface area (Å²) in [6, 6.07) is 10.2. The van der Waals surface area contributed by atoms with Gasteiger partial charge in [-0.25, -0.2) is 14.6 Å². The van der Waals surface area contributed by atoms with Crippen molar-refractivity contribution in [3.63, 3.8) is 0 Å². The predicted octanol–water partition coefficient (Wildman–Crippen LogP) is 2.71.